The minimum absolute atomic E-state index is 0.178. The predicted molar refractivity (Wildman–Crippen MR) is 59.3 cm³/mol. The highest BCUT2D eigenvalue weighted by Crippen LogP contribution is 2.18. The fraction of sp³-hybridized carbons (Fsp3) is 0.444. The molecule has 1 aliphatic heterocycles. The minimum atomic E-state index is 0.178. The lowest BCUT2D eigenvalue weighted by molar-refractivity contribution is 0.266. The van der Waals surface area contributed by atoms with Crippen LogP contribution in [0.1, 0.15) is 0 Å². The summed E-state index contributed by atoms with van der Waals surface area (Å²) in [5, 5.41) is 7.12. The molecule has 0 spiro atoms. The Bertz CT molecular complexity index is 372. The maximum atomic E-state index is 10.3. The van der Waals surface area contributed by atoms with E-state index in [0.29, 0.717) is 13.1 Å². The molecular formula is C9H11N5O2. The van der Waals surface area contributed by atoms with Crippen molar-refractivity contribution < 1.29 is 0 Å². The van der Waals surface area contributed by atoms with Crippen LogP contribution in [0.5, 0.6) is 0 Å². The average molecular weight is 221 g/mol. The topological polar surface area (TPSA) is 78.2 Å². The molecule has 0 N–H and O–H groups in total. The molecule has 1 aromatic heterocycles. The summed E-state index contributed by atoms with van der Waals surface area (Å²) in [6.45, 7) is 2.66. The molecular weight excluding hydrogens is 210 g/mol. The Balaban J connectivity index is 2.02. The van der Waals surface area contributed by atoms with Gasteiger partial charge in [-0.3, -0.25) is 5.01 Å². The number of nitroso groups, excluding NO2 is 2. The van der Waals surface area contributed by atoms with E-state index in [4.69, 9.17) is 0 Å². The molecule has 2 heterocycles. The molecule has 1 fully saturated rings. The van der Waals surface area contributed by atoms with E-state index >= 15 is 0 Å². The van der Waals surface area contributed by atoms with Crippen molar-refractivity contribution in [3.8, 4) is 0 Å². The van der Waals surface area contributed by atoms with Crippen molar-refractivity contribution in [3.05, 3.63) is 28.1 Å². The third-order valence-corrected chi connectivity index (χ3v) is 2.56. The Kier molecular flexibility index (Phi) is 3.04. The second-order valence-electron chi connectivity index (χ2n) is 3.49. The van der Waals surface area contributed by atoms with E-state index in [2.05, 4.69) is 20.3 Å². The first-order chi connectivity index (χ1) is 7.83. The fourth-order valence-corrected chi connectivity index (χ4v) is 1.66. The molecule has 16 heavy (non-hydrogen) atoms. The van der Waals surface area contributed by atoms with Gasteiger partial charge in [-0.1, -0.05) is 0 Å². The third kappa shape index (κ3) is 2.13. The highest BCUT2D eigenvalue weighted by Gasteiger charge is 2.16. The zero-order valence-corrected chi connectivity index (χ0v) is 8.61. The van der Waals surface area contributed by atoms with Crippen molar-refractivity contribution in [2.24, 2.45) is 10.5 Å². The number of piperazine rings is 1. The fourth-order valence-electron chi connectivity index (χ4n) is 1.66. The van der Waals surface area contributed by atoms with Crippen LogP contribution in [0.4, 0.5) is 11.5 Å². The zero-order chi connectivity index (χ0) is 11.4. The van der Waals surface area contributed by atoms with Crippen molar-refractivity contribution in [3.63, 3.8) is 0 Å². The lowest BCUT2D eigenvalue weighted by Crippen LogP contribution is -2.43. The van der Waals surface area contributed by atoms with E-state index < -0.39 is 0 Å². The van der Waals surface area contributed by atoms with Crippen LogP contribution in [0.3, 0.4) is 0 Å². The van der Waals surface area contributed by atoms with Gasteiger partial charge >= 0.3 is 0 Å². The van der Waals surface area contributed by atoms with E-state index in [1.165, 1.54) is 5.01 Å². The molecule has 7 heteroatoms. The lowest BCUT2D eigenvalue weighted by Gasteiger charge is -2.32. The quantitative estimate of drug-likeness (QED) is 0.718. The molecule has 0 bridgehead atoms. The van der Waals surface area contributed by atoms with Crippen LogP contribution in [-0.2, 0) is 0 Å². The van der Waals surface area contributed by atoms with Gasteiger partial charge in [-0.25, -0.2) is 4.98 Å². The van der Waals surface area contributed by atoms with Crippen LogP contribution >= 0.6 is 0 Å². The van der Waals surface area contributed by atoms with Gasteiger partial charge in [-0.05, 0) is 17.3 Å². The first-order valence-electron chi connectivity index (χ1n) is 4.96. The number of anilines is 1. The predicted octanol–water partition coefficient (Wildman–Crippen LogP) is 1.28. The average Bonchev–Trinajstić information content (AvgIpc) is 2.39. The van der Waals surface area contributed by atoms with E-state index in [1.54, 1.807) is 18.3 Å². The van der Waals surface area contributed by atoms with E-state index in [0.717, 1.165) is 18.8 Å². The number of hydrogen-bond acceptors (Lipinski definition) is 6. The van der Waals surface area contributed by atoms with Crippen LogP contribution < -0.4 is 4.90 Å². The van der Waals surface area contributed by atoms with Gasteiger partial charge in [0.1, 0.15) is 0 Å². The Labute approximate surface area is 92.0 Å². The SMILES string of the molecule is O=Nc1ccc(N2CCN(N=O)CC2)cn1. The Hall–Kier alpha value is -2.05. The molecule has 2 rings (SSSR count). The van der Waals surface area contributed by atoms with Crippen molar-refractivity contribution in [1.82, 2.24) is 9.99 Å². The van der Waals surface area contributed by atoms with Gasteiger partial charge in [0.15, 0.2) is 5.82 Å². The van der Waals surface area contributed by atoms with Crippen molar-refractivity contribution >= 4 is 11.5 Å². The maximum Gasteiger partial charge on any atom is 0.196 e. The summed E-state index contributed by atoms with van der Waals surface area (Å²) in [6.07, 6.45) is 1.61. The molecule has 0 atom stereocenters. The summed E-state index contributed by atoms with van der Waals surface area (Å²) in [4.78, 5) is 26.5. The highest BCUT2D eigenvalue weighted by atomic mass is 16.3. The molecule has 0 amide bonds. The van der Waals surface area contributed by atoms with Crippen molar-refractivity contribution in [2.45, 2.75) is 0 Å². The maximum absolute atomic E-state index is 10.3. The molecule has 0 radical (unpaired) electrons. The second-order valence-corrected chi connectivity index (χ2v) is 3.49. The Morgan fingerprint density at radius 2 is 1.88 bits per heavy atom. The van der Waals surface area contributed by atoms with Crippen molar-refractivity contribution in [1.29, 1.82) is 0 Å². The van der Waals surface area contributed by atoms with Gasteiger partial charge < -0.3 is 4.90 Å². The van der Waals surface area contributed by atoms with Crippen LogP contribution in [0.25, 0.3) is 0 Å². The molecule has 84 valence electrons. The molecule has 7 nitrogen and oxygen atoms in total. The number of hydrogen-bond donors (Lipinski definition) is 0. The van der Waals surface area contributed by atoms with Crippen LogP contribution in [0, 0.1) is 9.81 Å². The lowest BCUT2D eigenvalue weighted by atomic mass is 10.3. The largest absolute Gasteiger partial charge is 0.367 e. The van der Waals surface area contributed by atoms with Gasteiger partial charge in [0.25, 0.3) is 0 Å². The highest BCUT2D eigenvalue weighted by molar-refractivity contribution is 5.48. The molecule has 0 saturated carbocycles. The summed E-state index contributed by atoms with van der Waals surface area (Å²) in [5.41, 5.74) is 0.929. The Morgan fingerprint density at radius 1 is 1.12 bits per heavy atom. The monoisotopic (exact) mass is 221 g/mol. The number of aromatic nitrogens is 1. The van der Waals surface area contributed by atoms with Gasteiger partial charge in [-0.15, -0.1) is 9.81 Å². The summed E-state index contributed by atoms with van der Waals surface area (Å²) in [6, 6.07) is 3.38. The van der Waals surface area contributed by atoms with Crippen LogP contribution in [-0.4, -0.2) is 36.2 Å². The van der Waals surface area contributed by atoms with E-state index in [1.807, 2.05) is 0 Å². The third-order valence-electron chi connectivity index (χ3n) is 2.56. The number of pyridine rings is 1. The number of rotatable bonds is 3. The van der Waals surface area contributed by atoms with Gasteiger partial charge in [0.2, 0.25) is 0 Å². The summed E-state index contributed by atoms with van der Waals surface area (Å²) in [7, 11) is 0. The van der Waals surface area contributed by atoms with Gasteiger partial charge in [-0.2, -0.15) is 0 Å². The van der Waals surface area contributed by atoms with Gasteiger partial charge in [0, 0.05) is 13.1 Å². The number of nitrogens with zero attached hydrogens (tertiary/aromatic N) is 5. The summed E-state index contributed by atoms with van der Waals surface area (Å²) in [5.74, 6) is 0.178. The summed E-state index contributed by atoms with van der Waals surface area (Å²) < 4.78 is 0. The Morgan fingerprint density at radius 3 is 2.38 bits per heavy atom. The standard InChI is InChI=1S/C9H11N5O2/c15-11-9-2-1-8(7-10-9)13-3-5-14(12-16)6-4-13/h1-2,7H,3-6H2. The first kappa shape index (κ1) is 10.5. The van der Waals surface area contributed by atoms with Gasteiger partial charge in [0.05, 0.1) is 30.3 Å². The second kappa shape index (κ2) is 4.65. The van der Waals surface area contributed by atoms with E-state index in [-0.39, 0.29) is 5.82 Å². The smallest absolute Gasteiger partial charge is 0.196 e. The normalized spacial score (nSPS) is 16.0. The molecule has 0 unspecified atom stereocenters. The molecule has 1 saturated heterocycles. The molecule has 1 aliphatic rings. The van der Waals surface area contributed by atoms with E-state index in [9.17, 15) is 9.81 Å². The first-order valence-corrected chi connectivity index (χ1v) is 4.96. The van der Waals surface area contributed by atoms with Crippen molar-refractivity contribution in [2.75, 3.05) is 31.1 Å². The molecule has 1 aromatic rings. The minimum Gasteiger partial charge on any atom is -0.367 e. The summed E-state index contributed by atoms with van der Waals surface area (Å²) >= 11 is 0. The van der Waals surface area contributed by atoms with Crippen LogP contribution in [0.15, 0.2) is 28.8 Å². The molecule has 0 aliphatic carbocycles. The zero-order valence-electron chi connectivity index (χ0n) is 8.61. The van der Waals surface area contributed by atoms with Crippen LogP contribution in [0.2, 0.25) is 0 Å². The molecule has 0 aromatic carbocycles.